The van der Waals surface area contributed by atoms with Crippen LogP contribution in [-0.4, -0.2) is 51.3 Å². The number of halogens is 1. The summed E-state index contributed by atoms with van der Waals surface area (Å²) in [6.45, 7) is 1.03. The van der Waals surface area contributed by atoms with Gasteiger partial charge in [0.05, 0.1) is 18.6 Å². The molecule has 8 nitrogen and oxygen atoms in total. The monoisotopic (exact) mass is 467 g/mol. The second kappa shape index (κ2) is 12.0. The molecule has 0 aliphatic rings. The molecule has 0 saturated carbocycles. The van der Waals surface area contributed by atoms with Crippen molar-refractivity contribution in [2.75, 3.05) is 26.1 Å². The maximum atomic E-state index is 12.1. The van der Waals surface area contributed by atoms with Crippen molar-refractivity contribution in [3.8, 4) is 11.5 Å². The predicted octanol–water partition coefficient (Wildman–Crippen LogP) is 3.25. The Morgan fingerprint density at radius 2 is 1.62 bits per heavy atom. The van der Waals surface area contributed by atoms with E-state index < -0.39 is 28.7 Å². The van der Waals surface area contributed by atoms with E-state index in [2.05, 4.69) is 5.16 Å². The van der Waals surface area contributed by atoms with Gasteiger partial charge >= 0.3 is 16.1 Å². The van der Waals surface area contributed by atoms with E-state index in [9.17, 15) is 22.7 Å². The van der Waals surface area contributed by atoms with Crippen molar-refractivity contribution in [2.45, 2.75) is 19.8 Å². The van der Waals surface area contributed by atoms with Gasteiger partial charge in [-0.15, -0.1) is 0 Å². The number of nitrogens with zero attached hydrogens (tertiary/aromatic N) is 1. The third-order valence-corrected chi connectivity index (χ3v) is 4.87. The SMILES string of the molecule is CC(=NOCCF)C(Cc1ccc(OCCc2ccc(OS(C)(=O)=O)cc2)cc1)C(=O)O. The van der Waals surface area contributed by atoms with Crippen molar-refractivity contribution in [3.05, 3.63) is 59.7 Å². The van der Waals surface area contributed by atoms with Gasteiger partial charge in [-0.3, -0.25) is 4.79 Å². The molecule has 2 rings (SSSR count). The third-order valence-electron chi connectivity index (χ3n) is 4.37. The Morgan fingerprint density at radius 3 is 2.19 bits per heavy atom. The quantitative estimate of drug-likeness (QED) is 0.208. The first-order valence-electron chi connectivity index (χ1n) is 9.83. The van der Waals surface area contributed by atoms with Crippen molar-refractivity contribution < 1.29 is 36.5 Å². The number of aliphatic carboxylic acids is 1. The van der Waals surface area contributed by atoms with Crippen LogP contribution in [0.25, 0.3) is 0 Å². The van der Waals surface area contributed by atoms with Gasteiger partial charge in [-0.2, -0.15) is 8.42 Å². The molecule has 0 aliphatic carbocycles. The lowest BCUT2D eigenvalue weighted by Gasteiger charge is -2.13. The normalized spacial score (nSPS) is 12.8. The molecule has 2 aromatic rings. The Balaban J connectivity index is 1.87. The molecule has 0 bridgehead atoms. The highest BCUT2D eigenvalue weighted by molar-refractivity contribution is 7.86. The summed E-state index contributed by atoms with van der Waals surface area (Å²) in [6, 6.07) is 13.7. The Labute approximate surface area is 186 Å². The van der Waals surface area contributed by atoms with Crippen LogP contribution in [0, 0.1) is 5.92 Å². The number of benzene rings is 2. The molecular formula is C22H26FNO7S. The molecule has 0 heterocycles. The number of carbonyl (C=O) groups is 1. The van der Waals surface area contributed by atoms with Crippen LogP contribution < -0.4 is 8.92 Å². The van der Waals surface area contributed by atoms with E-state index in [-0.39, 0.29) is 24.5 Å². The fraction of sp³-hybridized carbons (Fsp3) is 0.364. The lowest BCUT2D eigenvalue weighted by Crippen LogP contribution is -2.24. The van der Waals surface area contributed by atoms with Gasteiger partial charge in [0.1, 0.15) is 30.7 Å². The van der Waals surface area contributed by atoms with Gasteiger partial charge in [0.15, 0.2) is 0 Å². The van der Waals surface area contributed by atoms with Gasteiger partial charge < -0.3 is 18.9 Å². The van der Waals surface area contributed by atoms with E-state index >= 15 is 0 Å². The third kappa shape index (κ3) is 8.93. The fourth-order valence-electron chi connectivity index (χ4n) is 2.79. The number of hydrogen-bond acceptors (Lipinski definition) is 7. The summed E-state index contributed by atoms with van der Waals surface area (Å²) in [5, 5.41) is 13.1. The van der Waals surface area contributed by atoms with Crippen LogP contribution in [0.1, 0.15) is 18.1 Å². The van der Waals surface area contributed by atoms with Gasteiger partial charge in [0, 0.05) is 6.42 Å². The molecule has 0 spiro atoms. The van der Waals surface area contributed by atoms with Crippen LogP contribution in [0.2, 0.25) is 0 Å². The summed E-state index contributed by atoms with van der Waals surface area (Å²) < 4.78 is 44.9. The predicted molar refractivity (Wildman–Crippen MR) is 117 cm³/mol. The number of rotatable bonds is 13. The zero-order valence-corrected chi connectivity index (χ0v) is 18.7. The number of carboxylic acid groups (broad SMARTS) is 1. The zero-order chi connectivity index (χ0) is 23.6. The molecule has 0 aliphatic heterocycles. The summed E-state index contributed by atoms with van der Waals surface area (Å²) in [4.78, 5) is 16.3. The first-order chi connectivity index (χ1) is 15.2. The highest BCUT2D eigenvalue weighted by Crippen LogP contribution is 2.18. The highest BCUT2D eigenvalue weighted by atomic mass is 32.2. The summed E-state index contributed by atoms with van der Waals surface area (Å²) in [6.07, 6.45) is 1.81. The molecule has 0 aromatic heterocycles. The van der Waals surface area contributed by atoms with E-state index in [1.165, 1.54) is 6.92 Å². The first kappa shape index (κ1) is 25.1. The Bertz CT molecular complexity index is 1010. The molecule has 1 unspecified atom stereocenters. The summed E-state index contributed by atoms with van der Waals surface area (Å²) in [5.41, 5.74) is 2.00. The summed E-state index contributed by atoms with van der Waals surface area (Å²) in [7, 11) is -3.55. The Morgan fingerprint density at radius 1 is 1.03 bits per heavy atom. The second-order valence-electron chi connectivity index (χ2n) is 7.02. The van der Waals surface area contributed by atoms with Crippen LogP contribution in [0.4, 0.5) is 4.39 Å². The van der Waals surface area contributed by atoms with E-state index in [1.807, 2.05) is 0 Å². The molecule has 2 aromatic carbocycles. The smallest absolute Gasteiger partial charge is 0.312 e. The molecule has 1 atom stereocenters. The van der Waals surface area contributed by atoms with E-state index in [1.54, 1.807) is 48.5 Å². The standard InChI is InChI=1S/C22H26FNO7S/c1-16(24-30-14-12-23)21(22(25)26)15-18-5-7-19(8-6-18)29-13-11-17-3-9-20(10-4-17)31-32(2,27)28/h3-10,21H,11-15H2,1-2H3,(H,25,26). The van der Waals surface area contributed by atoms with Crippen molar-refractivity contribution in [2.24, 2.45) is 11.1 Å². The lowest BCUT2D eigenvalue weighted by atomic mass is 9.95. The molecule has 0 amide bonds. The number of alkyl halides is 1. The minimum absolute atomic E-state index is 0.214. The Kier molecular flexibility index (Phi) is 9.45. The first-order valence-corrected chi connectivity index (χ1v) is 11.6. The topological polar surface area (TPSA) is 111 Å². The second-order valence-corrected chi connectivity index (χ2v) is 8.60. The molecule has 0 saturated heterocycles. The van der Waals surface area contributed by atoms with Gasteiger partial charge in [0.25, 0.3) is 0 Å². The maximum Gasteiger partial charge on any atom is 0.312 e. The van der Waals surface area contributed by atoms with E-state index in [0.717, 1.165) is 17.4 Å². The number of ether oxygens (including phenoxy) is 1. The van der Waals surface area contributed by atoms with Crippen LogP contribution in [0.5, 0.6) is 11.5 Å². The Hall–Kier alpha value is -3.14. The highest BCUT2D eigenvalue weighted by Gasteiger charge is 2.22. The summed E-state index contributed by atoms with van der Waals surface area (Å²) in [5.74, 6) is -1.03. The van der Waals surface area contributed by atoms with Crippen molar-refractivity contribution in [1.82, 2.24) is 0 Å². The van der Waals surface area contributed by atoms with Crippen LogP contribution >= 0.6 is 0 Å². The fourth-order valence-corrected chi connectivity index (χ4v) is 3.25. The van der Waals surface area contributed by atoms with Crippen molar-refractivity contribution >= 4 is 21.8 Å². The van der Waals surface area contributed by atoms with E-state index in [0.29, 0.717) is 18.8 Å². The molecule has 1 N–H and O–H groups in total. The molecular weight excluding hydrogens is 441 g/mol. The minimum Gasteiger partial charge on any atom is -0.493 e. The molecule has 32 heavy (non-hydrogen) atoms. The average Bonchev–Trinajstić information content (AvgIpc) is 2.73. The summed E-state index contributed by atoms with van der Waals surface area (Å²) >= 11 is 0. The zero-order valence-electron chi connectivity index (χ0n) is 17.9. The van der Waals surface area contributed by atoms with Crippen LogP contribution in [-0.2, 0) is 32.6 Å². The molecule has 10 heteroatoms. The molecule has 0 fully saturated rings. The van der Waals surface area contributed by atoms with Crippen LogP contribution in [0.15, 0.2) is 53.7 Å². The van der Waals surface area contributed by atoms with Gasteiger partial charge in [-0.05, 0) is 48.7 Å². The molecule has 0 radical (unpaired) electrons. The minimum atomic E-state index is -3.55. The molecule has 174 valence electrons. The lowest BCUT2D eigenvalue weighted by molar-refractivity contribution is -0.139. The van der Waals surface area contributed by atoms with Gasteiger partial charge in [-0.1, -0.05) is 29.4 Å². The van der Waals surface area contributed by atoms with E-state index in [4.69, 9.17) is 13.8 Å². The average molecular weight is 468 g/mol. The number of oxime groups is 1. The number of carboxylic acids is 1. The number of hydrogen-bond donors (Lipinski definition) is 1. The van der Waals surface area contributed by atoms with Gasteiger partial charge in [0.2, 0.25) is 0 Å². The largest absolute Gasteiger partial charge is 0.493 e. The van der Waals surface area contributed by atoms with Crippen molar-refractivity contribution in [3.63, 3.8) is 0 Å². The maximum absolute atomic E-state index is 12.1. The van der Waals surface area contributed by atoms with Crippen molar-refractivity contribution in [1.29, 1.82) is 0 Å². The van der Waals surface area contributed by atoms with Gasteiger partial charge in [-0.25, -0.2) is 4.39 Å². The van der Waals surface area contributed by atoms with Crippen LogP contribution in [0.3, 0.4) is 0 Å².